The van der Waals surface area contributed by atoms with Crippen molar-refractivity contribution in [2.24, 2.45) is 0 Å². The quantitative estimate of drug-likeness (QED) is 0.348. The van der Waals surface area contributed by atoms with Crippen LogP contribution in [-0.4, -0.2) is 23.3 Å². The number of aromatic nitrogens is 2. The van der Waals surface area contributed by atoms with Crippen LogP contribution in [0.5, 0.6) is 17.4 Å². The van der Waals surface area contributed by atoms with Crippen molar-refractivity contribution < 1.29 is 9.47 Å². The largest absolute Gasteiger partial charge is 0.497 e. The van der Waals surface area contributed by atoms with Crippen LogP contribution in [0.4, 0.5) is 5.82 Å². The minimum absolute atomic E-state index is 0.220. The van der Waals surface area contributed by atoms with Crippen LogP contribution in [0, 0.1) is 10.2 Å². The number of nitrogens with one attached hydrogen (secondary N) is 2. The smallest absolute Gasteiger partial charge is 0.229 e. The lowest BCUT2D eigenvalue weighted by atomic mass is 9.82. The molecule has 1 aliphatic heterocycles. The van der Waals surface area contributed by atoms with E-state index < -0.39 is 0 Å². The van der Waals surface area contributed by atoms with Crippen LogP contribution in [0.2, 0.25) is 0 Å². The van der Waals surface area contributed by atoms with E-state index in [-0.39, 0.29) is 10.7 Å². The number of anilines is 1. The van der Waals surface area contributed by atoms with Crippen molar-refractivity contribution in [1.29, 1.82) is 5.41 Å². The van der Waals surface area contributed by atoms with E-state index in [0.717, 1.165) is 28.0 Å². The van der Waals surface area contributed by atoms with Gasteiger partial charge in [-0.3, -0.25) is 0 Å². The van der Waals surface area contributed by atoms with Gasteiger partial charge in [0.05, 0.1) is 12.7 Å². The Labute approximate surface area is 167 Å². The first-order valence-corrected chi connectivity index (χ1v) is 8.99. The summed E-state index contributed by atoms with van der Waals surface area (Å²) in [6.45, 7) is 3.89. The molecule has 0 radical (unpaired) electrons. The van der Waals surface area contributed by atoms with Crippen molar-refractivity contribution in [2.75, 3.05) is 12.8 Å². The molecule has 6 nitrogen and oxygen atoms in total. The fourth-order valence-corrected chi connectivity index (χ4v) is 3.73. The van der Waals surface area contributed by atoms with Crippen molar-refractivity contribution in [3.63, 3.8) is 0 Å². The molecule has 2 aromatic carbocycles. The molecule has 3 aromatic rings. The highest BCUT2D eigenvalue weighted by atomic mass is 32.1. The molecular formula is C21H18N4O2S. The van der Waals surface area contributed by atoms with Crippen LogP contribution in [0.25, 0.3) is 6.08 Å². The van der Waals surface area contributed by atoms with E-state index in [1.54, 1.807) is 13.2 Å². The molecule has 1 atom stereocenters. The Bertz CT molecular complexity index is 1150. The second-order valence-corrected chi connectivity index (χ2v) is 6.70. The molecular weight excluding hydrogens is 372 g/mol. The van der Waals surface area contributed by atoms with Crippen LogP contribution in [-0.2, 0) is 0 Å². The molecule has 1 unspecified atom stereocenters. The fourth-order valence-electron chi connectivity index (χ4n) is 3.54. The highest BCUT2D eigenvalue weighted by molar-refractivity contribution is 7.71. The Kier molecular flexibility index (Phi) is 4.44. The van der Waals surface area contributed by atoms with E-state index in [4.69, 9.17) is 32.8 Å². The monoisotopic (exact) mass is 390 g/mol. The number of methoxy groups -OCH3 is 1. The maximum Gasteiger partial charge on any atom is 0.229 e. The Morgan fingerprint density at radius 3 is 2.68 bits per heavy atom. The Morgan fingerprint density at radius 1 is 1.29 bits per heavy atom. The molecule has 0 fully saturated rings. The number of nitrogens with two attached hydrogens (primary N) is 1. The molecule has 140 valence electrons. The minimum atomic E-state index is -0.220. The van der Waals surface area contributed by atoms with Crippen molar-refractivity contribution in [3.05, 3.63) is 75.6 Å². The number of ether oxygens (including phenoxy) is 2. The Balaban J connectivity index is 2.03. The average Bonchev–Trinajstić information content (AvgIpc) is 2.71. The number of fused-ring (bicyclic) bond motifs is 2. The molecule has 28 heavy (non-hydrogen) atoms. The second-order valence-electron chi connectivity index (χ2n) is 6.32. The number of nitrogens with zero attached hydrogens (tertiary/aromatic N) is 1. The predicted molar refractivity (Wildman–Crippen MR) is 112 cm³/mol. The third kappa shape index (κ3) is 2.76. The molecule has 2 heterocycles. The Hall–Kier alpha value is -3.45. The van der Waals surface area contributed by atoms with E-state index in [0.29, 0.717) is 23.0 Å². The average molecular weight is 390 g/mol. The zero-order valence-corrected chi connectivity index (χ0v) is 16.0. The summed E-state index contributed by atoms with van der Waals surface area (Å²) in [5.41, 5.74) is 10.4. The molecule has 0 aliphatic carbocycles. The normalized spacial score (nSPS) is 14.4. The third-order valence-corrected chi connectivity index (χ3v) is 5.03. The van der Waals surface area contributed by atoms with Crippen molar-refractivity contribution >= 4 is 30.3 Å². The maximum atomic E-state index is 7.68. The molecule has 4 N–H and O–H groups in total. The topological polar surface area (TPSA) is 97.0 Å². The summed E-state index contributed by atoms with van der Waals surface area (Å²) in [5, 5.41) is 7.68. The molecule has 1 aromatic heterocycles. The van der Waals surface area contributed by atoms with Gasteiger partial charge >= 0.3 is 0 Å². The number of rotatable bonds is 4. The number of H-pyrrole nitrogens is 1. The van der Waals surface area contributed by atoms with Gasteiger partial charge in [-0.2, -0.15) is 4.98 Å². The molecule has 1 aliphatic rings. The lowest BCUT2D eigenvalue weighted by Crippen LogP contribution is -2.17. The van der Waals surface area contributed by atoms with Gasteiger partial charge in [-0.1, -0.05) is 36.9 Å². The highest BCUT2D eigenvalue weighted by Gasteiger charge is 2.33. The van der Waals surface area contributed by atoms with E-state index in [1.165, 1.54) is 6.21 Å². The minimum Gasteiger partial charge on any atom is -0.497 e. The summed E-state index contributed by atoms with van der Waals surface area (Å²) in [5.74, 6) is 1.93. The predicted octanol–water partition coefficient (Wildman–Crippen LogP) is 4.66. The number of aromatic amines is 1. The fraction of sp³-hybridized carbons (Fsp3) is 0.0952. The lowest BCUT2D eigenvalue weighted by Gasteiger charge is -2.30. The summed E-state index contributed by atoms with van der Waals surface area (Å²) in [7, 11) is 1.63. The first-order valence-electron chi connectivity index (χ1n) is 8.58. The van der Waals surface area contributed by atoms with Gasteiger partial charge in [-0.25, -0.2) is 0 Å². The van der Waals surface area contributed by atoms with Gasteiger partial charge < -0.3 is 25.6 Å². The van der Waals surface area contributed by atoms with E-state index in [9.17, 15) is 0 Å². The molecule has 0 amide bonds. The standard InChI is InChI=1S/C21H18N4O2S/c1-3-14-12(10-22)6-9-15-16(11-4-7-13(26-2)8-5-11)17-19(23)24-21(28)25-20(17)27-18(14)15/h3-10,16,22H,1H2,2H3,(H3,23,24,25,28). The summed E-state index contributed by atoms with van der Waals surface area (Å²) in [4.78, 5) is 7.28. The molecule has 0 spiro atoms. The summed E-state index contributed by atoms with van der Waals surface area (Å²) in [6, 6.07) is 11.6. The molecule has 4 rings (SSSR count). The summed E-state index contributed by atoms with van der Waals surface area (Å²) < 4.78 is 11.7. The SMILES string of the molecule is C=Cc1c(C=N)ccc2c1Oc1nc(=S)[nH]c(N)c1C2c1ccc(OC)cc1. The first kappa shape index (κ1) is 17.9. The third-order valence-electron chi connectivity index (χ3n) is 4.83. The van der Waals surface area contributed by atoms with Gasteiger partial charge in [0, 0.05) is 28.8 Å². The number of hydrogen-bond donors (Lipinski definition) is 3. The molecule has 7 heteroatoms. The van der Waals surface area contributed by atoms with E-state index in [2.05, 4.69) is 16.5 Å². The maximum absolute atomic E-state index is 7.68. The number of hydrogen-bond acceptors (Lipinski definition) is 6. The Morgan fingerprint density at radius 2 is 2.04 bits per heavy atom. The lowest BCUT2D eigenvalue weighted by molar-refractivity contribution is 0.414. The molecule has 0 saturated carbocycles. The zero-order chi connectivity index (χ0) is 19.8. The molecule has 0 saturated heterocycles. The van der Waals surface area contributed by atoms with Crippen LogP contribution in [0.3, 0.4) is 0 Å². The van der Waals surface area contributed by atoms with Gasteiger partial charge in [0.25, 0.3) is 0 Å². The van der Waals surface area contributed by atoms with E-state index in [1.807, 2.05) is 36.4 Å². The summed E-state index contributed by atoms with van der Waals surface area (Å²) >= 11 is 5.18. The van der Waals surface area contributed by atoms with Crippen LogP contribution >= 0.6 is 12.2 Å². The van der Waals surface area contributed by atoms with Crippen molar-refractivity contribution in [3.8, 4) is 17.4 Å². The second kappa shape index (κ2) is 6.94. The van der Waals surface area contributed by atoms with Crippen LogP contribution in [0.1, 0.15) is 33.7 Å². The van der Waals surface area contributed by atoms with Crippen molar-refractivity contribution in [1.82, 2.24) is 9.97 Å². The van der Waals surface area contributed by atoms with Gasteiger partial charge in [-0.05, 0) is 29.9 Å². The molecule has 0 bridgehead atoms. The highest BCUT2D eigenvalue weighted by Crippen LogP contribution is 2.50. The van der Waals surface area contributed by atoms with Gasteiger partial charge in [0.15, 0.2) is 0 Å². The van der Waals surface area contributed by atoms with Gasteiger partial charge in [0.1, 0.15) is 17.3 Å². The van der Waals surface area contributed by atoms with E-state index >= 15 is 0 Å². The van der Waals surface area contributed by atoms with Crippen molar-refractivity contribution in [2.45, 2.75) is 5.92 Å². The van der Waals surface area contributed by atoms with Gasteiger partial charge in [-0.15, -0.1) is 0 Å². The number of nitrogen functional groups attached to an aromatic ring is 1. The first-order chi connectivity index (χ1) is 13.6. The zero-order valence-electron chi connectivity index (χ0n) is 15.2. The van der Waals surface area contributed by atoms with Crippen LogP contribution < -0.4 is 15.2 Å². The summed E-state index contributed by atoms with van der Waals surface area (Å²) in [6.07, 6.45) is 2.96. The number of benzene rings is 2. The van der Waals surface area contributed by atoms with Gasteiger partial charge in [0.2, 0.25) is 10.7 Å². The van der Waals surface area contributed by atoms with Crippen LogP contribution in [0.15, 0.2) is 43.0 Å².